The van der Waals surface area contributed by atoms with Gasteiger partial charge in [-0.25, -0.2) is 0 Å². The summed E-state index contributed by atoms with van der Waals surface area (Å²) < 4.78 is 5.43. The molecule has 0 unspecified atom stereocenters. The highest BCUT2D eigenvalue weighted by molar-refractivity contribution is 5.08. The molecule has 1 aromatic heterocycles. The number of piperidine rings is 1. The van der Waals surface area contributed by atoms with Crippen molar-refractivity contribution in [1.82, 2.24) is 14.8 Å². The standard InChI is InChI=1S/C15H23N3O/c1-2-14(12-16-5-1)13-17-6-3-15(4-7-17)18-8-10-19-11-9-18/h1-2,5,12,15H,3-4,6-11,13H2. The Hall–Kier alpha value is -0.970. The molecule has 4 heteroatoms. The van der Waals surface area contributed by atoms with E-state index in [4.69, 9.17) is 4.74 Å². The van der Waals surface area contributed by atoms with Gasteiger partial charge in [-0.05, 0) is 37.6 Å². The quantitative estimate of drug-likeness (QED) is 0.822. The first-order valence-corrected chi connectivity index (χ1v) is 7.35. The fourth-order valence-corrected chi connectivity index (χ4v) is 3.14. The van der Waals surface area contributed by atoms with Gasteiger partial charge in [0.05, 0.1) is 13.2 Å². The molecule has 2 aliphatic rings. The summed E-state index contributed by atoms with van der Waals surface area (Å²) in [5.74, 6) is 0. The molecule has 0 atom stereocenters. The third-order valence-corrected chi connectivity index (χ3v) is 4.25. The highest BCUT2D eigenvalue weighted by Crippen LogP contribution is 2.19. The second-order valence-corrected chi connectivity index (χ2v) is 5.52. The summed E-state index contributed by atoms with van der Waals surface area (Å²) in [5, 5.41) is 0. The number of likely N-dealkylation sites (tertiary alicyclic amines) is 1. The van der Waals surface area contributed by atoms with Gasteiger partial charge in [-0.15, -0.1) is 0 Å². The highest BCUT2D eigenvalue weighted by atomic mass is 16.5. The van der Waals surface area contributed by atoms with Crippen molar-refractivity contribution in [2.75, 3.05) is 39.4 Å². The average Bonchev–Trinajstić information content (AvgIpc) is 2.50. The molecule has 1 aromatic rings. The fourth-order valence-electron chi connectivity index (χ4n) is 3.14. The second-order valence-electron chi connectivity index (χ2n) is 5.52. The molecule has 3 rings (SSSR count). The van der Waals surface area contributed by atoms with Crippen LogP contribution in [0.15, 0.2) is 24.5 Å². The monoisotopic (exact) mass is 261 g/mol. The van der Waals surface area contributed by atoms with E-state index in [2.05, 4.69) is 20.9 Å². The van der Waals surface area contributed by atoms with Crippen molar-refractivity contribution >= 4 is 0 Å². The number of hydrogen-bond donors (Lipinski definition) is 0. The SMILES string of the molecule is c1cncc(CN2CCC(N3CCOCC3)CC2)c1. The summed E-state index contributed by atoms with van der Waals surface area (Å²) in [6.07, 6.45) is 6.41. The molecule has 104 valence electrons. The van der Waals surface area contributed by atoms with Crippen LogP contribution in [0, 0.1) is 0 Å². The van der Waals surface area contributed by atoms with E-state index in [1.165, 1.54) is 31.5 Å². The minimum atomic E-state index is 0.772. The largest absolute Gasteiger partial charge is 0.379 e. The first-order valence-electron chi connectivity index (χ1n) is 7.35. The first kappa shape index (κ1) is 13.0. The number of rotatable bonds is 3. The van der Waals surface area contributed by atoms with E-state index in [-0.39, 0.29) is 0 Å². The van der Waals surface area contributed by atoms with Crippen LogP contribution in [0.2, 0.25) is 0 Å². The Morgan fingerprint density at radius 2 is 1.95 bits per heavy atom. The van der Waals surface area contributed by atoms with E-state index in [9.17, 15) is 0 Å². The normalized spacial score (nSPS) is 23.6. The van der Waals surface area contributed by atoms with Crippen molar-refractivity contribution in [3.63, 3.8) is 0 Å². The van der Waals surface area contributed by atoms with Gasteiger partial charge in [0.15, 0.2) is 0 Å². The number of hydrogen-bond acceptors (Lipinski definition) is 4. The molecule has 4 nitrogen and oxygen atoms in total. The number of morpholine rings is 1. The van der Waals surface area contributed by atoms with Crippen LogP contribution in [0.4, 0.5) is 0 Å². The van der Waals surface area contributed by atoms with E-state index < -0.39 is 0 Å². The summed E-state index contributed by atoms with van der Waals surface area (Å²) in [6, 6.07) is 4.96. The molecule has 0 spiro atoms. The molecule has 0 radical (unpaired) electrons. The minimum Gasteiger partial charge on any atom is -0.379 e. The highest BCUT2D eigenvalue weighted by Gasteiger charge is 2.25. The molecular weight excluding hydrogens is 238 g/mol. The van der Waals surface area contributed by atoms with Crippen LogP contribution in [0.25, 0.3) is 0 Å². The van der Waals surface area contributed by atoms with Gasteiger partial charge in [-0.1, -0.05) is 6.07 Å². The molecule has 19 heavy (non-hydrogen) atoms. The summed E-state index contributed by atoms with van der Waals surface area (Å²) in [6.45, 7) is 7.52. The predicted molar refractivity (Wildman–Crippen MR) is 74.9 cm³/mol. The minimum absolute atomic E-state index is 0.772. The van der Waals surface area contributed by atoms with E-state index >= 15 is 0 Å². The third kappa shape index (κ3) is 3.53. The maximum absolute atomic E-state index is 5.43. The number of aromatic nitrogens is 1. The van der Waals surface area contributed by atoms with Gasteiger partial charge < -0.3 is 4.74 Å². The Balaban J connectivity index is 1.46. The molecule has 0 amide bonds. The molecule has 0 aromatic carbocycles. The number of nitrogens with zero attached hydrogens (tertiary/aromatic N) is 3. The third-order valence-electron chi connectivity index (χ3n) is 4.25. The van der Waals surface area contributed by atoms with Crippen molar-refractivity contribution in [3.8, 4) is 0 Å². The van der Waals surface area contributed by atoms with E-state index in [1.807, 2.05) is 18.5 Å². The summed E-state index contributed by atoms with van der Waals surface area (Å²) >= 11 is 0. The van der Waals surface area contributed by atoms with Crippen LogP contribution >= 0.6 is 0 Å². The van der Waals surface area contributed by atoms with Gasteiger partial charge in [0.25, 0.3) is 0 Å². The lowest BCUT2D eigenvalue weighted by Crippen LogP contribution is -2.48. The summed E-state index contributed by atoms with van der Waals surface area (Å²) in [7, 11) is 0. The number of ether oxygens (including phenoxy) is 1. The maximum atomic E-state index is 5.43. The van der Waals surface area contributed by atoms with Crippen LogP contribution in [0.3, 0.4) is 0 Å². The zero-order valence-electron chi connectivity index (χ0n) is 11.5. The van der Waals surface area contributed by atoms with Gasteiger partial charge in [-0.3, -0.25) is 14.8 Å². The Labute approximate surface area is 115 Å². The van der Waals surface area contributed by atoms with E-state index in [0.29, 0.717) is 0 Å². The van der Waals surface area contributed by atoms with Crippen LogP contribution < -0.4 is 0 Å². The molecule has 2 aliphatic heterocycles. The van der Waals surface area contributed by atoms with Crippen LogP contribution in [0.1, 0.15) is 18.4 Å². The fraction of sp³-hybridized carbons (Fsp3) is 0.667. The Bertz CT molecular complexity index is 370. The number of pyridine rings is 1. The lowest BCUT2D eigenvalue weighted by molar-refractivity contribution is 0.000223. The smallest absolute Gasteiger partial charge is 0.0594 e. The molecule has 3 heterocycles. The van der Waals surface area contributed by atoms with Gasteiger partial charge in [-0.2, -0.15) is 0 Å². The van der Waals surface area contributed by atoms with E-state index in [0.717, 1.165) is 38.9 Å². The predicted octanol–water partition coefficient (Wildman–Crippen LogP) is 1.38. The van der Waals surface area contributed by atoms with E-state index in [1.54, 1.807) is 0 Å². The molecule has 0 aliphatic carbocycles. The molecule has 2 fully saturated rings. The first-order chi connectivity index (χ1) is 9.42. The summed E-state index contributed by atoms with van der Waals surface area (Å²) in [4.78, 5) is 9.36. The van der Waals surface area contributed by atoms with Gasteiger partial charge in [0, 0.05) is 38.1 Å². The zero-order valence-corrected chi connectivity index (χ0v) is 11.5. The van der Waals surface area contributed by atoms with Crippen molar-refractivity contribution in [2.45, 2.75) is 25.4 Å². The van der Waals surface area contributed by atoms with Crippen molar-refractivity contribution < 1.29 is 4.74 Å². The average molecular weight is 261 g/mol. The maximum Gasteiger partial charge on any atom is 0.0594 e. The molecular formula is C15H23N3O. The van der Waals surface area contributed by atoms with Crippen LogP contribution in [-0.4, -0.2) is 60.2 Å². The zero-order chi connectivity index (χ0) is 12.9. The van der Waals surface area contributed by atoms with Crippen molar-refractivity contribution in [2.24, 2.45) is 0 Å². The van der Waals surface area contributed by atoms with Crippen molar-refractivity contribution in [1.29, 1.82) is 0 Å². The lowest BCUT2D eigenvalue weighted by Gasteiger charge is -2.40. The van der Waals surface area contributed by atoms with Gasteiger partial charge in [0.2, 0.25) is 0 Å². The second kappa shape index (κ2) is 6.46. The van der Waals surface area contributed by atoms with Gasteiger partial charge in [0.1, 0.15) is 0 Å². The lowest BCUT2D eigenvalue weighted by atomic mass is 10.0. The molecule has 0 N–H and O–H groups in total. The van der Waals surface area contributed by atoms with Crippen LogP contribution in [0.5, 0.6) is 0 Å². The Morgan fingerprint density at radius 3 is 2.63 bits per heavy atom. The Kier molecular flexibility index (Phi) is 4.43. The molecule has 2 saturated heterocycles. The molecule has 0 bridgehead atoms. The van der Waals surface area contributed by atoms with Gasteiger partial charge >= 0.3 is 0 Å². The molecule has 0 saturated carbocycles. The van der Waals surface area contributed by atoms with Crippen molar-refractivity contribution in [3.05, 3.63) is 30.1 Å². The summed E-state index contributed by atoms with van der Waals surface area (Å²) in [5.41, 5.74) is 1.33. The van der Waals surface area contributed by atoms with Crippen LogP contribution in [-0.2, 0) is 11.3 Å². The Morgan fingerprint density at radius 1 is 1.16 bits per heavy atom. The topological polar surface area (TPSA) is 28.6 Å².